The molecule has 6 rings (SSSR count). The second kappa shape index (κ2) is 13.3. The summed E-state index contributed by atoms with van der Waals surface area (Å²) in [6, 6.07) is 20.0. The number of nitrogens with zero attached hydrogens (tertiary/aromatic N) is 4. The van der Waals surface area contributed by atoms with E-state index in [-0.39, 0.29) is 11.7 Å². The van der Waals surface area contributed by atoms with Gasteiger partial charge in [0.25, 0.3) is 0 Å². The van der Waals surface area contributed by atoms with Gasteiger partial charge in [-0.3, -0.25) is 9.48 Å². The van der Waals surface area contributed by atoms with Gasteiger partial charge in [-0.15, -0.1) is 0 Å². The topological polar surface area (TPSA) is 61.6 Å². The molecular formula is C36H47FN4O2. The van der Waals surface area contributed by atoms with E-state index in [2.05, 4.69) is 63.9 Å². The molecule has 6 nitrogen and oxygen atoms in total. The quantitative estimate of drug-likeness (QED) is 0.292. The first-order valence-corrected chi connectivity index (χ1v) is 16.5. The fourth-order valence-corrected chi connectivity index (χ4v) is 8.19. The summed E-state index contributed by atoms with van der Waals surface area (Å²) in [5.74, 6) is 0.243. The van der Waals surface area contributed by atoms with Crippen LogP contribution in [0, 0.1) is 17.2 Å². The van der Waals surface area contributed by atoms with Gasteiger partial charge in [0.2, 0.25) is 0 Å². The molecule has 3 aliphatic rings. The van der Waals surface area contributed by atoms with Crippen molar-refractivity contribution in [3.63, 3.8) is 0 Å². The van der Waals surface area contributed by atoms with Gasteiger partial charge in [0.05, 0.1) is 11.1 Å². The van der Waals surface area contributed by atoms with Crippen LogP contribution in [-0.4, -0.2) is 69.9 Å². The van der Waals surface area contributed by atoms with Crippen molar-refractivity contribution in [3.05, 3.63) is 89.0 Å². The molecule has 43 heavy (non-hydrogen) atoms. The van der Waals surface area contributed by atoms with E-state index in [4.69, 9.17) is 5.10 Å². The molecule has 230 valence electrons. The van der Waals surface area contributed by atoms with E-state index in [0.717, 1.165) is 102 Å². The summed E-state index contributed by atoms with van der Waals surface area (Å²) in [6.07, 6.45) is 7.74. The number of hydrogen-bond acceptors (Lipinski definition) is 4. The summed E-state index contributed by atoms with van der Waals surface area (Å²) >= 11 is 0. The number of hydrogen-bond donors (Lipinski definition) is 1. The van der Waals surface area contributed by atoms with Gasteiger partial charge in [-0.25, -0.2) is 4.39 Å². The number of rotatable bonds is 10. The van der Waals surface area contributed by atoms with Crippen molar-refractivity contribution in [3.8, 4) is 0 Å². The van der Waals surface area contributed by atoms with Gasteiger partial charge in [-0.05, 0) is 80.9 Å². The van der Waals surface area contributed by atoms with Crippen molar-refractivity contribution in [2.24, 2.45) is 11.3 Å². The van der Waals surface area contributed by atoms with Crippen molar-refractivity contribution in [2.75, 3.05) is 39.3 Å². The maximum absolute atomic E-state index is 14.3. The zero-order valence-electron chi connectivity index (χ0n) is 25.6. The van der Waals surface area contributed by atoms with Crippen LogP contribution < -0.4 is 0 Å². The molecule has 1 aliphatic carbocycles. The standard InChI is InChI=1S/C36H47FN4O2/c1-2-41-34(22-32(38-41)20-27-10-5-3-6-11-27)28-14-18-39(19-15-28)23-30-24-40(25-33(30)29-12-9-13-31(37)21-29)26-36(35(42)43)16-7-4-8-17-36/h3,5-6,9-13,21-22,28,30,33H,2,4,7-8,14-20,23-26H2,1H3,(H,42,43)/t30-,33+/m0/s1. The summed E-state index contributed by atoms with van der Waals surface area (Å²) in [5, 5.41) is 15.2. The van der Waals surface area contributed by atoms with E-state index in [1.807, 2.05) is 6.07 Å². The van der Waals surface area contributed by atoms with Crippen LogP contribution in [0.4, 0.5) is 4.39 Å². The van der Waals surface area contributed by atoms with Crippen molar-refractivity contribution < 1.29 is 14.3 Å². The first-order chi connectivity index (χ1) is 20.9. The number of piperidine rings is 1. The third-order valence-electron chi connectivity index (χ3n) is 10.5. The molecule has 3 aromatic rings. The summed E-state index contributed by atoms with van der Waals surface area (Å²) in [4.78, 5) is 17.4. The summed E-state index contributed by atoms with van der Waals surface area (Å²) < 4.78 is 16.5. The maximum Gasteiger partial charge on any atom is 0.310 e. The van der Waals surface area contributed by atoms with Gasteiger partial charge < -0.3 is 14.9 Å². The highest BCUT2D eigenvalue weighted by Gasteiger charge is 2.44. The Morgan fingerprint density at radius 1 is 0.977 bits per heavy atom. The Kier molecular flexibility index (Phi) is 9.29. The molecule has 0 radical (unpaired) electrons. The van der Waals surface area contributed by atoms with Gasteiger partial charge in [-0.1, -0.05) is 61.7 Å². The van der Waals surface area contributed by atoms with Crippen LogP contribution >= 0.6 is 0 Å². The number of aliphatic carboxylic acids is 1. The monoisotopic (exact) mass is 586 g/mol. The van der Waals surface area contributed by atoms with Gasteiger partial charge in [0.15, 0.2) is 0 Å². The van der Waals surface area contributed by atoms with Gasteiger partial charge in [-0.2, -0.15) is 5.10 Å². The lowest BCUT2D eigenvalue weighted by molar-refractivity contribution is -0.152. The molecule has 2 saturated heterocycles. The van der Waals surface area contributed by atoms with Crippen LogP contribution in [0.15, 0.2) is 60.7 Å². The van der Waals surface area contributed by atoms with Crippen LogP contribution in [0.2, 0.25) is 0 Å². The molecule has 0 amide bonds. The second-order valence-electron chi connectivity index (χ2n) is 13.4. The minimum absolute atomic E-state index is 0.191. The Bertz CT molecular complexity index is 1360. The SMILES string of the molecule is CCn1nc(Cc2ccccc2)cc1C1CCN(C[C@H]2CN(CC3(C(=O)O)CCCCC3)C[C@@H]2c2cccc(F)c2)CC1. The Balaban J connectivity index is 1.12. The van der Waals surface area contributed by atoms with Crippen molar-refractivity contribution in [1.29, 1.82) is 0 Å². The maximum atomic E-state index is 14.3. The Morgan fingerprint density at radius 3 is 2.44 bits per heavy atom. The van der Waals surface area contributed by atoms with Crippen LogP contribution in [0.5, 0.6) is 0 Å². The molecule has 0 spiro atoms. The van der Waals surface area contributed by atoms with E-state index in [0.29, 0.717) is 18.4 Å². The van der Waals surface area contributed by atoms with Crippen LogP contribution in [0.25, 0.3) is 0 Å². The number of carboxylic acids is 1. The molecule has 3 fully saturated rings. The zero-order valence-corrected chi connectivity index (χ0v) is 25.6. The highest BCUT2D eigenvalue weighted by molar-refractivity contribution is 5.75. The van der Waals surface area contributed by atoms with E-state index in [9.17, 15) is 14.3 Å². The van der Waals surface area contributed by atoms with Gasteiger partial charge in [0.1, 0.15) is 5.82 Å². The normalized spacial score (nSPS) is 23.5. The van der Waals surface area contributed by atoms with Crippen LogP contribution in [0.1, 0.15) is 86.2 Å². The lowest BCUT2D eigenvalue weighted by Gasteiger charge is -2.37. The minimum Gasteiger partial charge on any atom is -0.481 e. The number of aromatic nitrogens is 2. The average Bonchev–Trinajstić information content (AvgIpc) is 3.62. The summed E-state index contributed by atoms with van der Waals surface area (Å²) in [7, 11) is 0. The predicted molar refractivity (Wildman–Crippen MR) is 168 cm³/mol. The molecule has 1 saturated carbocycles. The Hall–Kier alpha value is -3.03. The lowest BCUT2D eigenvalue weighted by atomic mass is 9.73. The number of aryl methyl sites for hydroxylation is 1. The Labute approximate surface area is 255 Å². The fraction of sp³-hybridized carbons (Fsp3) is 0.556. The third-order valence-corrected chi connectivity index (χ3v) is 10.5. The zero-order chi connectivity index (χ0) is 29.8. The second-order valence-corrected chi connectivity index (χ2v) is 13.4. The van der Waals surface area contributed by atoms with E-state index >= 15 is 0 Å². The summed E-state index contributed by atoms with van der Waals surface area (Å²) in [5.41, 5.74) is 4.21. The smallest absolute Gasteiger partial charge is 0.310 e. The number of carbonyl (C=O) groups is 1. The number of benzene rings is 2. The van der Waals surface area contributed by atoms with Crippen molar-refractivity contribution in [1.82, 2.24) is 19.6 Å². The number of carboxylic acid groups (broad SMARTS) is 1. The minimum atomic E-state index is -0.640. The van der Waals surface area contributed by atoms with Crippen LogP contribution in [0.3, 0.4) is 0 Å². The molecule has 1 N–H and O–H groups in total. The molecule has 1 aromatic heterocycles. The first kappa shape index (κ1) is 30.0. The highest BCUT2D eigenvalue weighted by Crippen LogP contribution is 2.41. The molecule has 7 heteroatoms. The van der Waals surface area contributed by atoms with Crippen molar-refractivity contribution in [2.45, 2.75) is 76.7 Å². The molecule has 2 atom stereocenters. The Morgan fingerprint density at radius 2 is 1.74 bits per heavy atom. The number of likely N-dealkylation sites (tertiary alicyclic amines) is 2. The largest absolute Gasteiger partial charge is 0.481 e. The molecule has 2 aliphatic heterocycles. The van der Waals surface area contributed by atoms with E-state index < -0.39 is 11.4 Å². The lowest BCUT2D eigenvalue weighted by Crippen LogP contribution is -2.44. The third kappa shape index (κ3) is 6.88. The molecular weight excluding hydrogens is 539 g/mol. The number of halogens is 1. The van der Waals surface area contributed by atoms with Gasteiger partial charge in [0, 0.05) is 56.7 Å². The fourth-order valence-electron chi connectivity index (χ4n) is 8.19. The first-order valence-electron chi connectivity index (χ1n) is 16.5. The van der Waals surface area contributed by atoms with E-state index in [1.54, 1.807) is 6.07 Å². The highest BCUT2D eigenvalue weighted by atomic mass is 19.1. The molecule has 3 heterocycles. The van der Waals surface area contributed by atoms with E-state index in [1.165, 1.54) is 17.3 Å². The average molecular weight is 587 g/mol. The molecule has 0 unspecified atom stereocenters. The predicted octanol–water partition coefficient (Wildman–Crippen LogP) is 6.56. The summed E-state index contributed by atoms with van der Waals surface area (Å²) in [6.45, 7) is 8.41. The van der Waals surface area contributed by atoms with Crippen LogP contribution in [-0.2, 0) is 17.8 Å². The van der Waals surface area contributed by atoms with Crippen molar-refractivity contribution >= 4 is 5.97 Å². The van der Waals surface area contributed by atoms with Gasteiger partial charge >= 0.3 is 5.97 Å². The molecule has 0 bridgehead atoms. The molecule has 2 aromatic carbocycles.